The highest BCUT2D eigenvalue weighted by Gasteiger charge is 2.28. The molecule has 7 nitrogen and oxygen atoms in total. The summed E-state index contributed by atoms with van der Waals surface area (Å²) in [5, 5.41) is 8.85. The van der Waals surface area contributed by atoms with Gasteiger partial charge in [0.15, 0.2) is 0 Å². The van der Waals surface area contributed by atoms with E-state index in [1.165, 1.54) is 22.7 Å². The maximum Gasteiger partial charge on any atom is 0.281 e. The van der Waals surface area contributed by atoms with Crippen molar-refractivity contribution in [2.75, 3.05) is 45.2 Å². The van der Waals surface area contributed by atoms with Crippen LogP contribution in [-0.4, -0.2) is 62.3 Å². The number of anilines is 1. The highest BCUT2D eigenvalue weighted by molar-refractivity contribution is 7.86. The molecule has 0 atom stereocenters. The maximum atomic E-state index is 12.0. The van der Waals surface area contributed by atoms with E-state index in [0.29, 0.717) is 31.9 Å². The summed E-state index contributed by atoms with van der Waals surface area (Å²) in [4.78, 5) is 5.99. The molecule has 0 radical (unpaired) electrons. The predicted octanol–water partition coefficient (Wildman–Crippen LogP) is -0.118. The average molecular weight is 295 g/mol. The van der Waals surface area contributed by atoms with Crippen molar-refractivity contribution in [2.24, 2.45) is 0 Å². The highest BCUT2D eigenvalue weighted by atomic mass is 32.2. The minimum absolute atomic E-state index is 0.367. The molecular formula is C12H17N5O2S. The van der Waals surface area contributed by atoms with Gasteiger partial charge in [-0.05, 0) is 12.1 Å². The number of nitriles is 1. The SMILES string of the molecule is CN(C)S(=O)(=O)N1CCN(c2ccnc(C#N)c2)CC1. The van der Waals surface area contributed by atoms with Crippen LogP contribution in [0.5, 0.6) is 0 Å². The monoisotopic (exact) mass is 295 g/mol. The molecule has 0 aromatic carbocycles. The fourth-order valence-electron chi connectivity index (χ4n) is 2.09. The lowest BCUT2D eigenvalue weighted by atomic mass is 10.2. The number of rotatable bonds is 3. The van der Waals surface area contributed by atoms with Gasteiger partial charge in [-0.25, -0.2) is 4.98 Å². The average Bonchev–Trinajstić information content (AvgIpc) is 2.47. The molecule has 0 aliphatic carbocycles. The minimum atomic E-state index is -3.34. The summed E-state index contributed by atoms with van der Waals surface area (Å²) in [5.41, 5.74) is 1.27. The Hall–Kier alpha value is -1.69. The lowest BCUT2D eigenvalue weighted by Gasteiger charge is -2.36. The molecule has 108 valence electrons. The van der Waals surface area contributed by atoms with Gasteiger partial charge in [0.1, 0.15) is 11.8 Å². The molecule has 20 heavy (non-hydrogen) atoms. The van der Waals surface area contributed by atoms with Gasteiger partial charge in [-0.3, -0.25) is 0 Å². The summed E-state index contributed by atoms with van der Waals surface area (Å²) in [5.74, 6) is 0. The Labute approximate surface area is 119 Å². The summed E-state index contributed by atoms with van der Waals surface area (Å²) < 4.78 is 26.7. The van der Waals surface area contributed by atoms with Crippen LogP contribution in [0.2, 0.25) is 0 Å². The van der Waals surface area contributed by atoms with Crippen molar-refractivity contribution in [1.82, 2.24) is 13.6 Å². The first-order chi connectivity index (χ1) is 9.45. The third-order valence-electron chi connectivity index (χ3n) is 3.25. The first-order valence-electron chi connectivity index (χ1n) is 6.24. The van der Waals surface area contributed by atoms with Crippen molar-refractivity contribution < 1.29 is 8.42 Å². The van der Waals surface area contributed by atoms with E-state index in [-0.39, 0.29) is 0 Å². The molecule has 0 saturated carbocycles. The molecular weight excluding hydrogens is 278 g/mol. The van der Waals surface area contributed by atoms with E-state index in [0.717, 1.165) is 5.69 Å². The second-order valence-corrected chi connectivity index (χ2v) is 6.83. The zero-order chi connectivity index (χ0) is 14.8. The standard InChI is InChI=1S/C12H17N5O2S/c1-15(2)20(18,19)17-7-5-16(6-8-17)12-3-4-14-11(9-12)10-13/h3-4,9H,5-8H2,1-2H3. The van der Waals surface area contributed by atoms with Crippen molar-refractivity contribution in [1.29, 1.82) is 5.26 Å². The van der Waals surface area contributed by atoms with E-state index < -0.39 is 10.2 Å². The van der Waals surface area contributed by atoms with E-state index in [1.54, 1.807) is 12.3 Å². The molecule has 0 unspecified atom stereocenters. The fraction of sp³-hybridized carbons (Fsp3) is 0.500. The second kappa shape index (κ2) is 5.75. The molecule has 2 heterocycles. The smallest absolute Gasteiger partial charge is 0.281 e. The summed E-state index contributed by atoms with van der Waals surface area (Å²) in [6, 6.07) is 5.55. The molecule has 0 N–H and O–H groups in total. The normalized spacial score (nSPS) is 17.2. The van der Waals surface area contributed by atoms with Crippen LogP contribution >= 0.6 is 0 Å². The first kappa shape index (κ1) is 14.7. The Bertz CT molecular complexity index is 615. The zero-order valence-electron chi connectivity index (χ0n) is 11.5. The van der Waals surface area contributed by atoms with Gasteiger partial charge in [-0.15, -0.1) is 0 Å². The number of pyridine rings is 1. The fourth-order valence-corrected chi connectivity index (χ4v) is 3.17. The van der Waals surface area contributed by atoms with Gasteiger partial charge in [0.2, 0.25) is 0 Å². The number of aromatic nitrogens is 1. The van der Waals surface area contributed by atoms with Gasteiger partial charge in [0.25, 0.3) is 10.2 Å². The summed E-state index contributed by atoms with van der Waals surface area (Å²) in [6.45, 7) is 2.07. The first-order valence-corrected chi connectivity index (χ1v) is 7.63. The molecule has 1 aliphatic heterocycles. The minimum Gasteiger partial charge on any atom is -0.369 e. The molecule has 1 aromatic heterocycles. The lowest BCUT2D eigenvalue weighted by Crippen LogP contribution is -2.51. The van der Waals surface area contributed by atoms with Crippen LogP contribution in [0, 0.1) is 11.3 Å². The van der Waals surface area contributed by atoms with Gasteiger partial charge in [0, 0.05) is 52.2 Å². The molecule has 0 amide bonds. The van der Waals surface area contributed by atoms with Crippen molar-refractivity contribution in [3.8, 4) is 6.07 Å². The van der Waals surface area contributed by atoms with Crippen molar-refractivity contribution in [2.45, 2.75) is 0 Å². The lowest BCUT2D eigenvalue weighted by molar-refractivity contribution is 0.355. The van der Waals surface area contributed by atoms with E-state index in [4.69, 9.17) is 5.26 Å². The number of hydrogen-bond donors (Lipinski definition) is 0. The third-order valence-corrected chi connectivity index (χ3v) is 5.19. The van der Waals surface area contributed by atoms with Crippen LogP contribution in [0.4, 0.5) is 5.69 Å². The topological polar surface area (TPSA) is 80.5 Å². The van der Waals surface area contributed by atoms with E-state index in [9.17, 15) is 8.42 Å². The summed E-state index contributed by atoms with van der Waals surface area (Å²) >= 11 is 0. The predicted molar refractivity (Wildman–Crippen MR) is 75.3 cm³/mol. The molecule has 0 spiro atoms. The summed E-state index contributed by atoms with van der Waals surface area (Å²) in [6.07, 6.45) is 1.59. The van der Waals surface area contributed by atoms with Crippen LogP contribution in [0.3, 0.4) is 0 Å². The van der Waals surface area contributed by atoms with Gasteiger partial charge in [-0.2, -0.15) is 22.3 Å². The van der Waals surface area contributed by atoms with Crippen LogP contribution in [0.15, 0.2) is 18.3 Å². The molecule has 1 fully saturated rings. The van der Waals surface area contributed by atoms with Crippen LogP contribution in [0.1, 0.15) is 5.69 Å². The van der Waals surface area contributed by atoms with Gasteiger partial charge in [0.05, 0.1) is 0 Å². The Morgan fingerprint density at radius 2 is 1.95 bits per heavy atom. The summed E-state index contributed by atoms with van der Waals surface area (Å²) in [7, 11) is -0.280. The Balaban J connectivity index is 2.07. The van der Waals surface area contributed by atoms with Gasteiger partial charge < -0.3 is 4.90 Å². The quantitative estimate of drug-likeness (QED) is 0.777. The Morgan fingerprint density at radius 1 is 1.30 bits per heavy atom. The van der Waals surface area contributed by atoms with Crippen molar-refractivity contribution >= 4 is 15.9 Å². The highest BCUT2D eigenvalue weighted by Crippen LogP contribution is 2.18. The Morgan fingerprint density at radius 3 is 2.50 bits per heavy atom. The third kappa shape index (κ3) is 2.90. The van der Waals surface area contributed by atoms with E-state index >= 15 is 0 Å². The molecule has 1 saturated heterocycles. The van der Waals surface area contributed by atoms with Gasteiger partial charge >= 0.3 is 0 Å². The van der Waals surface area contributed by atoms with Crippen molar-refractivity contribution in [3.63, 3.8) is 0 Å². The van der Waals surface area contributed by atoms with Crippen LogP contribution in [-0.2, 0) is 10.2 Å². The molecule has 8 heteroatoms. The molecule has 2 rings (SSSR count). The largest absolute Gasteiger partial charge is 0.369 e. The molecule has 1 aliphatic rings. The number of piperazine rings is 1. The van der Waals surface area contributed by atoms with E-state index in [2.05, 4.69) is 9.88 Å². The molecule has 1 aromatic rings. The number of nitrogens with zero attached hydrogens (tertiary/aromatic N) is 5. The maximum absolute atomic E-state index is 12.0. The van der Waals surface area contributed by atoms with Crippen molar-refractivity contribution in [3.05, 3.63) is 24.0 Å². The Kier molecular flexibility index (Phi) is 4.23. The van der Waals surface area contributed by atoms with Crippen LogP contribution < -0.4 is 4.90 Å². The molecule has 0 bridgehead atoms. The number of hydrogen-bond acceptors (Lipinski definition) is 5. The second-order valence-electron chi connectivity index (χ2n) is 4.69. The zero-order valence-corrected chi connectivity index (χ0v) is 12.3. The van der Waals surface area contributed by atoms with E-state index in [1.807, 2.05) is 12.1 Å². The van der Waals surface area contributed by atoms with Crippen LogP contribution in [0.25, 0.3) is 0 Å². The van der Waals surface area contributed by atoms with Gasteiger partial charge in [-0.1, -0.05) is 0 Å².